The van der Waals surface area contributed by atoms with Gasteiger partial charge in [0.25, 0.3) is 0 Å². The lowest BCUT2D eigenvalue weighted by molar-refractivity contribution is -0.160. The molecule has 1 N–H and O–H groups in total. The second-order valence-electron chi connectivity index (χ2n) is 12.4. The van der Waals surface area contributed by atoms with Crippen LogP contribution in [0.5, 0.6) is 5.75 Å². The summed E-state index contributed by atoms with van der Waals surface area (Å²) >= 11 is 0. The minimum Gasteiger partial charge on any atom is -0.490 e. The van der Waals surface area contributed by atoms with E-state index in [2.05, 4.69) is 0 Å². The van der Waals surface area contributed by atoms with Gasteiger partial charge < -0.3 is 24.4 Å². The first-order chi connectivity index (χ1) is 18.9. The first-order valence-corrected chi connectivity index (χ1v) is 14.4. The van der Waals surface area contributed by atoms with E-state index in [9.17, 15) is 14.7 Å². The summed E-state index contributed by atoms with van der Waals surface area (Å²) in [4.78, 5) is 30.1. The number of ether oxygens (including phenoxy) is 2. The SMILES string of the molecule is Cc1c(-c2c(C)c3c(c(C)c2[C@H](OC(C)(C)C)C(=O)O)CN(C(=O)N2CCCCC2)C3)cc(F)c2c1CCCO2. The summed E-state index contributed by atoms with van der Waals surface area (Å²) < 4.78 is 27.4. The van der Waals surface area contributed by atoms with Crippen LogP contribution in [0.1, 0.15) is 91.5 Å². The van der Waals surface area contributed by atoms with Gasteiger partial charge in [-0.3, -0.25) is 0 Å². The van der Waals surface area contributed by atoms with Crippen molar-refractivity contribution in [2.75, 3.05) is 19.7 Å². The fraction of sp³-hybridized carbons (Fsp3) is 0.562. The van der Waals surface area contributed by atoms with Crippen LogP contribution in [0.15, 0.2) is 6.07 Å². The summed E-state index contributed by atoms with van der Waals surface area (Å²) in [7, 11) is 0. The number of hydrogen-bond donors (Lipinski definition) is 1. The standard InChI is InChI=1S/C32H41FN2O5/c1-18-21-11-10-14-39-28(21)25(33)15-22(18)26-19(2)23-16-35(31(38)34-12-8-7-9-13-34)17-24(23)20(3)27(26)29(30(36)37)40-32(4,5)6/h15,29H,7-14,16-17H2,1-6H3,(H,36,37)/t29-/m0/s1. The van der Waals surface area contributed by atoms with E-state index in [1.165, 1.54) is 6.07 Å². The third kappa shape index (κ3) is 5.06. The number of halogens is 1. The molecular formula is C32H41FN2O5. The molecule has 2 aromatic carbocycles. The molecule has 3 aliphatic rings. The van der Waals surface area contributed by atoms with Crippen LogP contribution in [0.4, 0.5) is 9.18 Å². The maximum atomic E-state index is 15.5. The number of urea groups is 1. The molecule has 0 spiro atoms. The van der Waals surface area contributed by atoms with Crippen LogP contribution in [-0.4, -0.2) is 52.2 Å². The van der Waals surface area contributed by atoms with E-state index < -0.39 is 23.5 Å². The molecular weight excluding hydrogens is 511 g/mol. The van der Waals surface area contributed by atoms with Crippen molar-refractivity contribution in [2.45, 2.75) is 98.4 Å². The van der Waals surface area contributed by atoms with Crippen molar-refractivity contribution in [2.24, 2.45) is 0 Å². The molecule has 40 heavy (non-hydrogen) atoms. The summed E-state index contributed by atoms with van der Waals surface area (Å²) in [6, 6.07) is 1.50. The maximum absolute atomic E-state index is 15.5. The molecule has 0 aliphatic carbocycles. The van der Waals surface area contributed by atoms with E-state index in [1.807, 2.05) is 51.3 Å². The minimum absolute atomic E-state index is 0.0201. The Labute approximate surface area is 236 Å². The Kier molecular flexibility index (Phi) is 7.59. The Hall–Kier alpha value is -3.13. The van der Waals surface area contributed by atoms with Crippen LogP contribution in [0.25, 0.3) is 11.1 Å². The van der Waals surface area contributed by atoms with E-state index in [0.717, 1.165) is 72.2 Å². The molecule has 1 fully saturated rings. The van der Waals surface area contributed by atoms with Gasteiger partial charge in [-0.05, 0) is 119 Å². The highest BCUT2D eigenvalue weighted by Crippen LogP contribution is 2.47. The summed E-state index contributed by atoms with van der Waals surface area (Å²) in [5.41, 5.74) is 6.48. The number of nitrogens with zero attached hydrogens (tertiary/aromatic N) is 2. The molecule has 3 heterocycles. The Balaban J connectivity index is 1.71. The van der Waals surface area contributed by atoms with E-state index in [-0.39, 0.29) is 6.03 Å². The second-order valence-corrected chi connectivity index (χ2v) is 12.4. The molecule has 3 aliphatic heterocycles. The summed E-state index contributed by atoms with van der Waals surface area (Å²) in [6.45, 7) is 14.2. The van der Waals surface area contributed by atoms with Crippen LogP contribution >= 0.6 is 0 Å². The zero-order chi connectivity index (χ0) is 28.9. The number of carbonyl (C=O) groups excluding carboxylic acids is 1. The number of benzene rings is 2. The predicted octanol–water partition coefficient (Wildman–Crippen LogP) is 6.61. The number of carbonyl (C=O) groups is 2. The van der Waals surface area contributed by atoms with Crippen LogP contribution in [-0.2, 0) is 29.0 Å². The van der Waals surface area contributed by atoms with E-state index in [4.69, 9.17) is 9.47 Å². The summed E-state index contributed by atoms with van der Waals surface area (Å²) in [5, 5.41) is 10.5. The lowest BCUT2D eigenvalue weighted by atomic mass is 9.81. The van der Waals surface area contributed by atoms with Gasteiger partial charge in [-0.25, -0.2) is 14.0 Å². The van der Waals surface area contributed by atoms with Crippen molar-refractivity contribution in [1.82, 2.24) is 9.80 Å². The van der Waals surface area contributed by atoms with Gasteiger partial charge in [0.2, 0.25) is 0 Å². The van der Waals surface area contributed by atoms with Gasteiger partial charge in [0, 0.05) is 37.3 Å². The van der Waals surface area contributed by atoms with E-state index in [1.54, 1.807) is 0 Å². The molecule has 1 saturated heterocycles. The molecule has 2 aromatic rings. The second kappa shape index (κ2) is 10.7. The van der Waals surface area contributed by atoms with Crippen LogP contribution in [0.2, 0.25) is 0 Å². The molecule has 1 atom stereocenters. The average Bonchev–Trinajstić information content (AvgIpc) is 3.37. The Morgan fingerprint density at radius 2 is 1.60 bits per heavy atom. The topological polar surface area (TPSA) is 79.3 Å². The Morgan fingerprint density at radius 1 is 0.950 bits per heavy atom. The van der Waals surface area contributed by atoms with Gasteiger partial charge in [0.15, 0.2) is 17.7 Å². The summed E-state index contributed by atoms with van der Waals surface area (Å²) in [6.07, 6.45) is 3.39. The number of carboxylic acids is 1. The largest absolute Gasteiger partial charge is 0.490 e. The smallest absolute Gasteiger partial charge is 0.337 e. The number of hydrogen-bond acceptors (Lipinski definition) is 4. The number of carboxylic acid groups (broad SMARTS) is 1. The number of amides is 2. The molecule has 0 bridgehead atoms. The van der Waals surface area contributed by atoms with Gasteiger partial charge in [-0.15, -0.1) is 0 Å². The maximum Gasteiger partial charge on any atom is 0.337 e. The van der Waals surface area contributed by atoms with Gasteiger partial charge in [0.1, 0.15) is 0 Å². The lowest BCUT2D eigenvalue weighted by Gasteiger charge is -2.31. The zero-order valence-corrected chi connectivity index (χ0v) is 24.6. The van der Waals surface area contributed by atoms with Gasteiger partial charge >= 0.3 is 12.0 Å². The number of piperidine rings is 1. The fourth-order valence-electron chi connectivity index (χ4n) is 6.62. The number of fused-ring (bicyclic) bond motifs is 2. The molecule has 216 valence electrons. The number of aliphatic carboxylic acids is 1. The average molecular weight is 553 g/mol. The first-order valence-electron chi connectivity index (χ1n) is 14.4. The Morgan fingerprint density at radius 3 is 2.23 bits per heavy atom. The van der Waals surface area contributed by atoms with Crippen LogP contribution in [0.3, 0.4) is 0 Å². The lowest BCUT2D eigenvalue weighted by Crippen LogP contribution is -2.43. The van der Waals surface area contributed by atoms with Crippen LogP contribution in [0, 0.1) is 26.6 Å². The Bertz CT molecular complexity index is 1360. The zero-order valence-electron chi connectivity index (χ0n) is 24.6. The van der Waals surface area contributed by atoms with Crippen molar-refractivity contribution in [3.63, 3.8) is 0 Å². The van der Waals surface area contributed by atoms with Crippen molar-refractivity contribution in [1.29, 1.82) is 0 Å². The van der Waals surface area contributed by atoms with Gasteiger partial charge in [-0.1, -0.05) is 0 Å². The van der Waals surface area contributed by atoms with Crippen molar-refractivity contribution in [3.8, 4) is 16.9 Å². The third-order valence-electron chi connectivity index (χ3n) is 8.58. The quantitative estimate of drug-likeness (QED) is 0.462. The van der Waals surface area contributed by atoms with Gasteiger partial charge in [-0.2, -0.15) is 0 Å². The highest BCUT2D eigenvalue weighted by Gasteiger charge is 2.38. The molecule has 2 amide bonds. The van der Waals surface area contributed by atoms with Crippen molar-refractivity contribution < 1.29 is 28.6 Å². The van der Waals surface area contributed by atoms with Crippen molar-refractivity contribution in [3.05, 3.63) is 50.8 Å². The highest BCUT2D eigenvalue weighted by atomic mass is 19.1. The highest BCUT2D eigenvalue weighted by molar-refractivity contribution is 5.86. The monoisotopic (exact) mass is 552 g/mol. The molecule has 0 saturated carbocycles. The molecule has 0 radical (unpaired) electrons. The van der Waals surface area contributed by atoms with Crippen LogP contribution < -0.4 is 4.74 Å². The number of rotatable bonds is 4. The first kappa shape index (κ1) is 28.4. The van der Waals surface area contributed by atoms with E-state index >= 15 is 4.39 Å². The minimum atomic E-state index is -1.26. The normalized spacial score (nSPS) is 17.8. The number of likely N-dealkylation sites (tertiary alicyclic amines) is 1. The predicted molar refractivity (Wildman–Crippen MR) is 151 cm³/mol. The molecule has 0 unspecified atom stereocenters. The summed E-state index contributed by atoms with van der Waals surface area (Å²) in [5.74, 6) is -1.25. The van der Waals surface area contributed by atoms with Gasteiger partial charge in [0.05, 0.1) is 12.2 Å². The molecule has 7 nitrogen and oxygen atoms in total. The third-order valence-corrected chi connectivity index (χ3v) is 8.58. The molecule has 0 aromatic heterocycles. The molecule has 5 rings (SSSR count). The molecule has 8 heteroatoms. The fourth-order valence-corrected chi connectivity index (χ4v) is 6.62. The van der Waals surface area contributed by atoms with E-state index in [0.29, 0.717) is 48.6 Å². The van der Waals surface area contributed by atoms with Crippen molar-refractivity contribution >= 4 is 12.0 Å².